The molecule has 0 aromatic heterocycles. The molecule has 0 aliphatic heterocycles. The molecule has 0 amide bonds. The van der Waals surface area contributed by atoms with Crippen LogP contribution in [0.3, 0.4) is 0 Å². The molecule has 1 unspecified atom stereocenters. The maximum atomic E-state index is 12.3. The molecular weight excluding hydrogens is 258 g/mol. The second kappa shape index (κ2) is 6.50. The van der Waals surface area contributed by atoms with E-state index in [-0.39, 0.29) is 0 Å². The van der Waals surface area contributed by atoms with Crippen LogP contribution in [0.1, 0.15) is 11.1 Å². The second-order valence-electron chi connectivity index (χ2n) is 4.19. The van der Waals surface area contributed by atoms with Crippen LogP contribution in [0.25, 0.3) is 0 Å². The molecule has 0 saturated heterocycles. The largest absolute Gasteiger partial charge is 0.497 e. The van der Waals surface area contributed by atoms with Gasteiger partial charge in [-0.15, -0.1) is 0 Å². The van der Waals surface area contributed by atoms with E-state index in [1.165, 1.54) is 0 Å². The minimum Gasteiger partial charge on any atom is -0.497 e. The molecule has 19 heavy (non-hydrogen) atoms. The topological polar surface area (TPSA) is 52.3 Å². The van der Waals surface area contributed by atoms with Crippen molar-refractivity contribution in [3.8, 4) is 5.75 Å². The molecule has 100 valence electrons. The molecule has 2 rings (SSSR count). The monoisotopic (exact) mass is 275 g/mol. The first-order chi connectivity index (χ1) is 9.22. The molecule has 0 bridgehead atoms. The molecule has 0 fully saturated rings. The Labute approximate surface area is 115 Å². The lowest BCUT2D eigenvalue weighted by Gasteiger charge is -2.05. The molecule has 0 spiro atoms. The second-order valence-corrected chi connectivity index (χ2v) is 5.64. The summed E-state index contributed by atoms with van der Waals surface area (Å²) in [5.74, 6) is 1.27. The summed E-state index contributed by atoms with van der Waals surface area (Å²) >= 11 is 0. The van der Waals surface area contributed by atoms with E-state index in [1.54, 1.807) is 7.11 Å². The third-order valence-corrected chi connectivity index (χ3v) is 4.24. The zero-order valence-electron chi connectivity index (χ0n) is 10.8. The van der Waals surface area contributed by atoms with Crippen molar-refractivity contribution in [3.63, 3.8) is 0 Å². The highest BCUT2D eigenvalue weighted by atomic mass is 32.2. The highest BCUT2D eigenvalue weighted by Gasteiger charge is 2.06. The van der Waals surface area contributed by atoms with Gasteiger partial charge in [0.2, 0.25) is 0 Å². The molecular formula is C15H17NO2S. The van der Waals surface area contributed by atoms with Crippen LogP contribution in [-0.2, 0) is 23.1 Å². The van der Waals surface area contributed by atoms with Crippen LogP contribution in [0.4, 0.5) is 0 Å². The summed E-state index contributed by atoms with van der Waals surface area (Å²) in [6.07, 6.45) is 0. The number of hydrogen-bond acceptors (Lipinski definition) is 3. The molecule has 0 aliphatic rings. The van der Waals surface area contributed by atoms with Gasteiger partial charge < -0.3 is 10.5 Å². The third-order valence-electron chi connectivity index (χ3n) is 2.85. The minimum absolute atomic E-state index is 0.500. The Morgan fingerprint density at radius 2 is 1.79 bits per heavy atom. The standard InChI is InChI=1S/C15H17NO2S/c1-18-14-5-7-15(8-6-14)19(17)11-13-4-2-3-12(9-13)10-16/h2-9H,10-11,16H2,1H3. The molecule has 4 heteroatoms. The van der Waals surface area contributed by atoms with Crippen molar-refractivity contribution < 1.29 is 8.95 Å². The first-order valence-electron chi connectivity index (χ1n) is 6.03. The summed E-state index contributed by atoms with van der Waals surface area (Å²) < 4.78 is 17.3. The minimum atomic E-state index is -1.05. The van der Waals surface area contributed by atoms with E-state index in [0.717, 1.165) is 21.8 Å². The quantitative estimate of drug-likeness (QED) is 0.912. The molecule has 2 aromatic carbocycles. The highest BCUT2D eigenvalue weighted by molar-refractivity contribution is 7.84. The first-order valence-corrected chi connectivity index (χ1v) is 7.35. The fraction of sp³-hybridized carbons (Fsp3) is 0.200. The van der Waals surface area contributed by atoms with Crippen LogP contribution < -0.4 is 10.5 Å². The van der Waals surface area contributed by atoms with E-state index in [0.29, 0.717) is 12.3 Å². The lowest BCUT2D eigenvalue weighted by Crippen LogP contribution is -2.00. The van der Waals surface area contributed by atoms with Crippen LogP contribution in [0.2, 0.25) is 0 Å². The third kappa shape index (κ3) is 3.66. The summed E-state index contributed by atoms with van der Waals surface area (Å²) in [5, 5.41) is 0. The Hall–Kier alpha value is -1.65. The molecule has 3 nitrogen and oxygen atoms in total. The van der Waals surface area contributed by atoms with E-state index in [1.807, 2.05) is 48.5 Å². The SMILES string of the molecule is COc1ccc(S(=O)Cc2cccc(CN)c2)cc1. The van der Waals surface area contributed by atoms with Gasteiger partial charge in [0.1, 0.15) is 5.75 Å². The van der Waals surface area contributed by atoms with E-state index >= 15 is 0 Å². The summed E-state index contributed by atoms with van der Waals surface area (Å²) in [6.45, 7) is 0.503. The molecule has 2 N–H and O–H groups in total. The van der Waals surface area contributed by atoms with E-state index in [2.05, 4.69) is 0 Å². The molecule has 0 radical (unpaired) electrons. The van der Waals surface area contributed by atoms with Crippen molar-refractivity contribution in [1.29, 1.82) is 0 Å². The number of nitrogens with two attached hydrogens (primary N) is 1. The smallest absolute Gasteiger partial charge is 0.118 e. The number of methoxy groups -OCH3 is 1. The predicted octanol–water partition coefficient (Wildman–Crippen LogP) is 2.46. The Morgan fingerprint density at radius 1 is 1.11 bits per heavy atom. The zero-order valence-corrected chi connectivity index (χ0v) is 11.7. The fourth-order valence-corrected chi connectivity index (χ4v) is 2.90. The van der Waals surface area contributed by atoms with Crippen molar-refractivity contribution in [2.24, 2.45) is 5.73 Å². The molecule has 0 aliphatic carbocycles. The Bertz CT molecular complexity index is 567. The maximum absolute atomic E-state index is 12.3. The van der Waals surface area contributed by atoms with E-state index < -0.39 is 10.8 Å². The Morgan fingerprint density at radius 3 is 2.42 bits per heavy atom. The van der Waals surface area contributed by atoms with E-state index in [4.69, 9.17) is 10.5 Å². The molecule has 1 atom stereocenters. The molecule has 0 heterocycles. The van der Waals surface area contributed by atoms with Crippen LogP contribution in [0, 0.1) is 0 Å². The fourth-order valence-electron chi connectivity index (χ4n) is 1.81. The van der Waals surface area contributed by atoms with Crippen molar-refractivity contribution in [1.82, 2.24) is 0 Å². The summed E-state index contributed by atoms with van der Waals surface area (Å²) in [7, 11) is 0.564. The van der Waals surface area contributed by atoms with Crippen molar-refractivity contribution >= 4 is 10.8 Å². The van der Waals surface area contributed by atoms with Gasteiger partial charge in [-0.1, -0.05) is 24.3 Å². The average Bonchev–Trinajstić information content (AvgIpc) is 2.47. The lowest BCUT2D eigenvalue weighted by molar-refractivity contribution is 0.414. The van der Waals surface area contributed by atoms with Crippen LogP contribution >= 0.6 is 0 Å². The lowest BCUT2D eigenvalue weighted by atomic mass is 10.1. The number of rotatable bonds is 5. The number of benzene rings is 2. The molecule has 0 saturated carbocycles. The van der Waals surface area contributed by atoms with Gasteiger partial charge in [-0.05, 0) is 35.4 Å². The average molecular weight is 275 g/mol. The summed E-state index contributed by atoms with van der Waals surface area (Å²) in [4.78, 5) is 0.805. The van der Waals surface area contributed by atoms with Gasteiger partial charge >= 0.3 is 0 Å². The van der Waals surface area contributed by atoms with Crippen LogP contribution in [0.5, 0.6) is 5.75 Å². The highest BCUT2D eigenvalue weighted by Crippen LogP contribution is 2.17. The van der Waals surface area contributed by atoms with Gasteiger partial charge in [-0.2, -0.15) is 0 Å². The zero-order chi connectivity index (χ0) is 13.7. The van der Waals surface area contributed by atoms with Gasteiger partial charge in [0.25, 0.3) is 0 Å². The van der Waals surface area contributed by atoms with Crippen molar-refractivity contribution in [2.45, 2.75) is 17.2 Å². The van der Waals surface area contributed by atoms with Gasteiger partial charge in [0, 0.05) is 11.4 Å². The Kier molecular flexibility index (Phi) is 4.71. The van der Waals surface area contributed by atoms with Gasteiger partial charge in [-0.25, -0.2) is 0 Å². The number of ether oxygens (including phenoxy) is 1. The van der Waals surface area contributed by atoms with Crippen molar-refractivity contribution in [2.75, 3.05) is 7.11 Å². The van der Waals surface area contributed by atoms with Gasteiger partial charge in [-0.3, -0.25) is 4.21 Å². The van der Waals surface area contributed by atoms with Crippen LogP contribution in [0.15, 0.2) is 53.4 Å². The number of hydrogen-bond donors (Lipinski definition) is 1. The molecule has 2 aromatic rings. The predicted molar refractivity (Wildman–Crippen MR) is 77.4 cm³/mol. The maximum Gasteiger partial charge on any atom is 0.118 e. The summed E-state index contributed by atoms with van der Waals surface area (Å²) in [5.41, 5.74) is 7.70. The van der Waals surface area contributed by atoms with E-state index in [9.17, 15) is 4.21 Å². The van der Waals surface area contributed by atoms with Gasteiger partial charge in [0.15, 0.2) is 0 Å². The van der Waals surface area contributed by atoms with Crippen LogP contribution in [-0.4, -0.2) is 11.3 Å². The normalized spacial score (nSPS) is 12.1. The first kappa shape index (κ1) is 13.8. The summed E-state index contributed by atoms with van der Waals surface area (Å²) in [6, 6.07) is 15.2. The van der Waals surface area contributed by atoms with Crippen molar-refractivity contribution in [3.05, 3.63) is 59.7 Å². The van der Waals surface area contributed by atoms with Gasteiger partial charge in [0.05, 0.1) is 23.7 Å². The Balaban J connectivity index is 2.11.